The summed E-state index contributed by atoms with van der Waals surface area (Å²) in [4.78, 5) is 0. The number of hydrogen-bond acceptors (Lipinski definition) is 3. The molecule has 0 aromatic heterocycles. The van der Waals surface area contributed by atoms with Crippen LogP contribution in [0.15, 0.2) is 29.4 Å². The summed E-state index contributed by atoms with van der Waals surface area (Å²) >= 11 is 5.71. The highest BCUT2D eigenvalue weighted by molar-refractivity contribution is 6.69. The van der Waals surface area contributed by atoms with Crippen LogP contribution in [0.3, 0.4) is 0 Å². The summed E-state index contributed by atoms with van der Waals surface area (Å²) in [5.41, 5.74) is 0.679. The SMILES string of the molecule is CCCCCCCCCCOc1ccc(/C(Cl)=N/O)cc1. The minimum Gasteiger partial charge on any atom is -0.494 e. The number of ether oxygens (including phenoxy) is 1. The summed E-state index contributed by atoms with van der Waals surface area (Å²) in [6.07, 6.45) is 10.4. The predicted molar refractivity (Wildman–Crippen MR) is 88.7 cm³/mol. The van der Waals surface area contributed by atoms with E-state index >= 15 is 0 Å². The van der Waals surface area contributed by atoms with Gasteiger partial charge in [0.05, 0.1) is 6.61 Å². The molecule has 1 rings (SSSR count). The Hall–Kier alpha value is -1.22. The molecule has 0 amide bonds. The molecule has 1 N–H and O–H groups in total. The summed E-state index contributed by atoms with van der Waals surface area (Å²) in [6, 6.07) is 7.25. The molecule has 0 heterocycles. The Bertz CT molecular complexity index is 404. The number of nitrogens with zero attached hydrogens (tertiary/aromatic N) is 1. The lowest BCUT2D eigenvalue weighted by molar-refractivity contribution is 0.304. The van der Waals surface area contributed by atoms with E-state index in [2.05, 4.69) is 12.1 Å². The second kappa shape index (κ2) is 11.4. The van der Waals surface area contributed by atoms with Gasteiger partial charge in [-0.3, -0.25) is 0 Å². The zero-order valence-electron chi connectivity index (χ0n) is 12.9. The lowest BCUT2D eigenvalue weighted by Gasteiger charge is -2.06. The van der Waals surface area contributed by atoms with Crippen LogP contribution in [-0.2, 0) is 0 Å². The Morgan fingerprint density at radius 3 is 2.14 bits per heavy atom. The first-order valence-electron chi connectivity index (χ1n) is 7.88. The lowest BCUT2D eigenvalue weighted by atomic mass is 10.1. The van der Waals surface area contributed by atoms with Gasteiger partial charge in [0.2, 0.25) is 0 Å². The van der Waals surface area contributed by atoms with Crippen LogP contribution in [0, 0.1) is 0 Å². The fourth-order valence-electron chi connectivity index (χ4n) is 2.17. The van der Waals surface area contributed by atoms with E-state index in [0.29, 0.717) is 5.56 Å². The number of unbranched alkanes of at least 4 members (excludes halogenated alkanes) is 7. The number of oxime groups is 1. The predicted octanol–water partition coefficient (Wildman–Crippen LogP) is 5.58. The van der Waals surface area contributed by atoms with Crippen molar-refractivity contribution in [1.82, 2.24) is 0 Å². The monoisotopic (exact) mass is 311 g/mol. The van der Waals surface area contributed by atoms with Crippen molar-refractivity contribution in [1.29, 1.82) is 0 Å². The van der Waals surface area contributed by atoms with Gasteiger partial charge in [-0.2, -0.15) is 0 Å². The van der Waals surface area contributed by atoms with E-state index < -0.39 is 0 Å². The Morgan fingerprint density at radius 2 is 1.57 bits per heavy atom. The molecule has 1 aromatic rings. The molecule has 4 heteroatoms. The standard InChI is InChI=1S/C17H26ClNO2/c1-2-3-4-5-6-7-8-9-14-21-16-12-10-15(11-13-16)17(18)19-20/h10-13,20H,2-9,14H2,1H3/b19-17-. The Labute approximate surface area is 133 Å². The average molecular weight is 312 g/mol. The fraction of sp³-hybridized carbons (Fsp3) is 0.588. The van der Waals surface area contributed by atoms with Crippen molar-refractivity contribution < 1.29 is 9.94 Å². The topological polar surface area (TPSA) is 41.8 Å². The van der Waals surface area contributed by atoms with Crippen molar-refractivity contribution in [3.05, 3.63) is 29.8 Å². The molecule has 0 saturated carbocycles. The van der Waals surface area contributed by atoms with Gasteiger partial charge in [0.25, 0.3) is 0 Å². The molecular weight excluding hydrogens is 286 g/mol. The normalized spacial score (nSPS) is 11.6. The van der Waals surface area contributed by atoms with Crippen molar-refractivity contribution in [3.63, 3.8) is 0 Å². The van der Waals surface area contributed by atoms with Crippen molar-refractivity contribution in [2.24, 2.45) is 5.16 Å². The molecular formula is C17H26ClNO2. The molecule has 0 spiro atoms. The molecule has 0 atom stereocenters. The van der Waals surface area contributed by atoms with Crippen molar-refractivity contribution in [3.8, 4) is 5.75 Å². The summed E-state index contributed by atoms with van der Waals surface area (Å²) in [5, 5.41) is 11.6. The van der Waals surface area contributed by atoms with Gasteiger partial charge in [0.15, 0.2) is 5.17 Å². The van der Waals surface area contributed by atoms with E-state index in [1.54, 1.807) is 12.1 Å². The largest absolute Gasteiger partial charge is 0.494 e. The Kier molecular flexibility index (Phi) is 9.71. The molecule has 0 aliphatic heterocycles. The smallest absolute Gasteiger partial charge is 0.175 e. The minimum absolute atomic E-state index is 0.0876. The van der Waals surface area contributed by atoms with E-state index in [4.69, 9.17) is 21.5 Å². The maximum absolute atomic E-state index is 8.57. The average Bonchev–Trinajstić information content (AvgIpc) is 2.53. The maximum Gasteiger partial charge on any atom is 0.175 e. The van der Waals surface area contributed by atoms with Gasteiger partial charge in [-0.25, -0.2) is 0 Å². The molecule has 0 unspecified atom stereocenters. The van der Waals surface area contributed by atoms with E-state index in [0.717, 1.165) is 18.8 Å². The molecule has 3 nitrogen and oxygen atoms in total. The van der Waals surface area contributed by atoms with Crippen LogP contribution in [0.1, 0.15) is 63.9 Å². The highest BCUT2D eigenvalue weighted by Crippen LogP contribution is 2.15. The Morgan fingerprint density at radius 1 is 1.00 bits per heavy atom. The first-order valence-corrected chi connectivity index (χ1v) is 8.26. The number of rotatable bonds is 11. The molecule has 0 aliphatic rings. The van der Waals surface area contributed by atoms with Crippen molar-refractivity contribution in [2.75, 3.05) is 6.61 Å². The third-order valence-corrected chi connectivity index (χ3v) is 3.74. The van der Waals surface area contributed by atoms with E-state index in [9.17, 15) is 0 Å². The van der Waals surface area contributed by atoms with E-state index in [1.807, 2.05) is 12.1 Å². The molecule has 0 saturated heterocycles. The van der Waals surface area contributed by atoms with E-state index in [-0.39, 0.29) is 5.17 Å². The first kappa shape index (κ1) is 17.8. The Balaban J connectivity index is 2.08. The maximum atomic E-state index is 8.57. The zero-order chi connectivity index (χ0) is 15.3. The number of hydrogen-bond donors (Lipinski definition) is 1. The van der Waals surface area contributed by atoms with Crippen LogP contribution >= 0.6 is 11.6 Å². The summed E-state index contributed by atoms with van der Waals surface area (Å²) in [7, 11) is 0. The molecule has 1 aromatic carbocycles. The highest BCUT2D eigenvalue weighted by atomic mass is 35.5. The van der Waals surface area contributed by atoms with Crippen LogP contribution < -0.4 is 4.74 Å². The first-order chi connectivity index (χ1) is 10.3. The summed E-state index contributed by atoms with van der Waals surface area (Å²) in [5.74, 6) is 0.823. The van der Waals surface area contributed by atoms with Crippen LogP contribution in [0.2, 0.25) is 0 Å². The molecule has 118 valence electrons. The van der Waals surface area contributed by atoms with Crippen molar-refractivity contribution in [2.45, 2.75) is 58.3 Å². The molecule has 0 bridgehead atoms. The quantitative estimate of drug-likeness (QED) is 0.251. The summed E-state index contributed by atoms with van der Waals surface area (Å²) in [6.45, 7) is 2.99. The van der Waals surface area contributed by atoms with Crippen LogP contribution in [0.5, 0.6) is 5.75 Å². The molecule has 0 radical (unpaired) electrons. The summed E-state index contributed by atoms with van der Waals surface area (Å²) < 4.78 is 5.67. The van der Waals surface area contributed by atoms with Gasteiger partial charge >= 0.3 is 0 Å². The van der Waals surface area contributed by atoms with Gasteiger partial charge in [0.1, 0.15) is 5.75 Å². The molecule has 0 aliphatic carbocycles. The number of benzene rings is 1. The van der Waals surface area contributed by atoms with Crippen LogP contribution in [0.4, 0.5) is 0 Å². The van der Waals surface area contributed by atoms with Crippen LogP contribution in [-0.4, -0.2) is 17.0 Å². The molecule has 0 fully saturated rings. The second-order valence-electron chi connectivity index (χ2n) is 5.24. The molecule has 21 heavy (non-hydrogen) atoms. The van der Waals surface area contributed by atoms with Crippen molar-refractivity contribution >= 4 is 16.8 Å². The van der Waals surface area contributed by atoms with Gasteiger partial charge < -0.3 is 9.94 Å². The van der Waals surface area contributed by atoms with Gasteiger partial charge in [-0.15, -0.1) is 0 Å². The van der Waals surface area contributed by atoms with Gasteiger partial charge in [0, 0.05) is 5.56 Å². The lowest BCUT2D eigenvalue weighted by Crippen LogP contribution is -1.98. The number of halogens is 1. The van der Waals surface area contributed by atoms with Gasteiger partial charge in [-0.1, -0.05) is 68.6 Å². The van der Waals surface area contributed by atoms with E-state index in [1.165, 1.54) is 44.9 Å². The third kappa shape index (κ3) is 7.96. The van der Waals surface area contributed by atoms with Crippen LogP contribution in [0.25, 0.3) is 0 Å². The fourth-order valence-corrected chi connectivity index (χ4v) is 2.30. The zero-order valence-corrected chi connectivity index (χ0v) is 13.6. The third-order valence-electron chi connectivity index (χ3n) is 3.45. The second-order valence-corrected chi connectivity index (χ2v) is 5.60. The minimum atomic E-state index is 0.0876. The highest BCUT2D eigenvalue weighted by Gasteiger charge is 2.00. The van der Waals surface area contributed by atoms with Gasteiger partial charge in [-0.05, 0) is 30.7 Å².